The van der Waals surface area contributed by atoms with Crippen LogP contribution in [0.1, 0.15) is 42.5 Å². The average Bonchev–Trinajstić information content (AvgIpc) is 3.04. The van der Waals surface area contributed by atoms with Crippen LogP contribution >= 0.6 is 0 Å². The van der Waals surface area contributed by atoms with E-state index in [1.54, 1.807) is 0 Å². The van der Waals surface area contributed by atoms with Gasteiger partial charge in [-0.2, -0.15) is 15.0 Å². The topological polar surface area (TPSA) is 71.8 Å². The van der Waals surface area contributed by atoms with E-state index >= 15 is 0 Å². The first-order chi connectivity index (χ1) is 12.9. The van der Waals surface area contributed by atoms with E-state index in [0.717, 1.165) is 18.2 Å². The monoisotopic (exact) mass is 365 g/mol. The Morgan fingerprint density at radius 2 is 1.89 bits per heavy atom. The molecule has 7 nitrogen and oxygen atoms in total. The normalized spacial score (nSPS) is 11.0. The number of hydrogen-bond donors (Lipinski definition) is 1. The minimum atomic E-state index is 0.244. The van der Waals surface area contributed by atoms with Crippen LogP contribution in [0.15, 0.2) is 36.7 Å². The first kappa shape index (κ1) is 18.8. The Kier molecular flexibility index (Phi) is 5.69. The van der Waals surface area contributed by atoms with Crippen LogP contribution in [0.2, 0.25) is 0 Å². The Balaban J connectivity index is 1.73. The lowest BCUT2D eigenvalue weighted by Gasteiger charge is -2.15. The van der Waals surface area contributed by atoms with Crippen molar-refractivity contribution in [2.75, 3.05) is 24.3 Å². The van der Waals surface area contributed by atoms with Crippen LogP contribution in [0.3, 0.4) is 0 Å². The molecular formula is C20H27N7. The van der Waals surface area contributed by atoms with E-state index in [0.29, 0.717) is 18.4 Å². The molecule has 0 amide bonds. The molecule has 0 aliphatic rings. The molecule has 3 rings (SSSR count). The fourth-order valence-electron chi connectivity index (χ4n) is 2.70. The lowest BCUT2D eigenvalue weighted by molar-refractivity contribution is 0.753. The molecule has 3 aromatic rings. The summed E-state index contributed by atoms with van der Waals surface area (Å²) in [6, 6.07) is 8.52. The Morgan fingerprint density at radius 3 is 2.56 bits per heavy atom. The third-order valence-electron chi connectivity index (χ3n) is 4.28. The van der Waals surface area contributed by atoms with E-state index in [1.807, 2.05) is 38.3 Å². The van der Waals surface area contributed by atoms with Crippen LogP contribution in [-0.2, 0) is 13.1 Å². The van der Waals surface area contributed by atoms with Crippen molar-refractivity contribution in [1.82, 2.24) is 24.5 Å². The Morgan fingerprint density at radius 1 is 1.11 bits per heavy atom. The van der Waals surface area contributed by atoms with Gasteiger partial charge in [-0.1, -0.05) is 38.1 Å². The second kappa shape index (κ2) is 8.16. The van der Waals surface area contributed by atoms with Gasteiger partial charge < -0.3 is 14.8 Å². The molecule has 0 radical (unpaired) electrons. The van der Waals surface area contributed by atoms with Gasteiger partial charge in [0.2, 0.25) is 11.9 Å². The number of benzene rings is 1. The quantitative estimate of drug-likeness (QED) is 0.693. The summed E-state index contributed by atoms with van der Waals surface area (Å²) in [6.07, 6.45) is 3.83. The maximum atomic E-state index is 4.55. The van der Waals surface area contributed by atoms with Gasteiger partial charge in [0.1, 0.15) is 11.6 Å². The van der Waals surface area contributed by atoms with Crippen LogP contribution in [0.4, 0.5) is 11.9 Å². The van der Waals surface area contributed by atoms with E-state index in [9.17, 15) is 0 Å². The molecule has 142 valence electrons. The Labute approximate surface area is 160 Å². The van der Waals surface area contributed by atoms with Crippen LogP contribution < -0.4 is 10.2 Å². The highest BCUT2D eigenvalue weighted by Crippen LogP contribution is 2.16. The Bertz CT molecular complexity index is 873. The molecule has 0 fully saturated rings. The summed E-state index contributed by atoms with van der Waals surface area (Å²) >= 11 is 0. The smallest absolute Gasteiger partial charge is 0.229 e. The van der Waals surface area contributed by atoms with Gasteiger partial charge in [-0.05, 0) is 18.1 Å². The molecule has 0 aliphatic carbocycles. The molecule has 1 N–H and O–H groups in total. The highest BCUT2D eigenvalue weighted by Gasteiger charge is 2.11. The predicted octanol–water partition coefficient (Wildman–Crippen LogP) is 3.23. The highest BCUT2D eigenvalue weighted by atomic mass is 15.3. The first-order valence-electron chi connectivity index (χ1n) is 9.15. The molecule has 0 unspecified atom stereocenters. The average molecular weight is 365 g/mol. The summed E-state index contributed by atoms with van der Waals surface area (Å²) in [6.45, 7) is 7.65. The number of hydrogen-bond acceptors (Lipinski definition) is 6. The zero-order chi connectivity index (χ0) is 19.4. The molecule has 27 heavy (non-hydrogen) atoms. The number of aromatic nitrogens is 5. The van der Waals surface area contributed by atoms with Gasteiger partial charge in [0, 0.05) is 45.5 Å². The maximum absolute atomic E-state index is 4.55. The van der Waals surface area contributed by atoms with Gasteiger partial charge in [-0.15, -0.1) is 0 Å². The molecule has 0 aliphatic heterocycles. The number of imidazole rings is 1. The van der Waals surface area contributed by atoms with Gasteiger partial charge in [-0.25, -0.2) is 4.98 Å². The van der Waals surface area contributed by atoms with E-state index in [-0.39, 0.29) is 5.92 Å². The van der Waals surface area contributed by atoms with Crippen molar-refractivity contribution in [3.05, 3.63) is 59.4 Å². The minimum Gasteiger partial charge on any atom is -0.350 e. The molecule has 7 heteroatoms. The molecule has 2 aromatic heterocycles. The van der Waals surface area contributed by atoms with Crippen LogP contribution in [0.25, 0.3) is 0 Å². The van der Waals surface area contributed by atoms with Crippen molar-refractivity contribution < 1.29 is 0 Å². The summed E-state index contributed by atoms with van der Waals surface area (Å²) < 4.78 is 2.14. The molecular weight excluding hydrogens is 338 g/mol. The van der Waals surface area contributed by atoms with Gasteiger partial charge >= 0.3 is 0 Å². The summed E-state index contributed by atoms with van der Waals surface area (Å²) in [7, 11) is 3.87. The van der Waals surface area contributed by atoms with Crippen molar-refractivity contribution in [3.63, 3.8) is 0 Å². The van der Waals surface area contributed by atoms with E-state index in [4.69, 9.17) is 0 Å². The standard InChI is InChI=1S/C20H27N7/c1-14(2)18-23-19(25-20(24-18)26(4)5)22-12-16-7-6-8-17(11-16)13-27-10-9-21-15(27)3/h6-11,14H,12-13H2,1-5H3,(H,22,23,24,25). The predicted molar refractivity (Wildman–Crippen MR) is 108 cm³/mol. The van der Waals surface area contributed by atoms with Crippen molar-refractivity contribution in [2.45, 2.75) is 39.8 Å². The number of nitrogens with zero attached hydrogens (tertiary/aromatic N) is 6. The fraction of sp³-hybridized carbons (Fsp3) is 0.400. The van der Waals surface area contributed by atoms with Crippen molar-refractivity contribution in [1.29, 1.82) is 0 Å². The van der Waals surface area contributed by atoms with Crippen molar-refractivity contribution >= 4 is 11.9 Å². The van der Waals surface area contributed by atoms with Crippen LogP contribution in [0, 0.1) is 6.92 Å². The van der Waals surface area contributed by atoms with Crippen molar-refractivity contribution in [3.8, 4) is 0 Å². The molecule has 0 saturated heterocycles. The van der Waals surface area contributed by atoms with Crippen LogP contribution in [0.5, 0.6) is 0 Å². The second-order valence-electron chi connectivity index (χ2n) is 7.14. The fourth-order valence-corrected chi connectivity index (χ4v) is 2.70. The SMILES string of the molecule is Cc1nccn1Cc1cccc(CNc2nc(C(C)C)nc(N(C)C)n2)c1. The van der Waals surface area contributed by atoms with E-state index in [1.165, 1.54) is 11.1 Å². The molecule has 0 spiro atoms. The Hall–Kier alpha value is -2.96. The highest BCUT2D eigenvalue weighted by molar-refractivity contribution is 5.37. The third kappa shape index (κ3) is 4.81. The maximum Gasteiger partial charge on any atom is 0.229 e. The molecule has 0 atom stereocenters. The zero-order valence-electron chi connectivity index (χ0n) is 16.6. The summed E-state index contributed by atoms with van der Waals surface area (Å²) in [5.41, 5.74) is 2.42. The lowest BCUT2D eigenvalue weighted by Crippen LogP contribution is -2.17. The first-order valence-corrected chi connectivity index (χ1v) is 9.15. The van der Waals surface area contributed by atoms with Gasteiger partial charge in [0.05, 0.1) is 0 Å². The largest absolute Gasteiger partial charge is 0.350 e. The summed E-state index contributed by atoms with van der Waals surface area (Å²) in [5.74, 6) is 3.32. The molecule has 1 aromatic carbocycles. The van der Waals surface area contributed by atoms with Gasteiger partial charge in [0.15, 0.2) is 0 Å². The number of nitrogens with one attached hydrogen (secondary N) is 1. The minimum absolute atomic E-state index is 0.244. The number of aryl methyl sites for hydroxylation is 1. The van der Waals surface area contributed by atoms with Crippen molar-refractivity contribution in [2.24, 2.45) is 0 Å². The lowest BCUT2D eigenvalue weighted by atomic mass is 10.1. The van der Waals surface area contributed by atoms with Crippen LogP contribution in [-0.4, -0.2) is 38.6 Å². The van der Waals surface area contributed by atoms with Gasteiger partial charge in [0.25, 0.3) is 0 Å². The van der Waals surface area contributed by atoms with E-state index < -0.39 is 0 Å². The number of rotatable bonds is 7. The zero-order valence-corrected chi connectivity index (χ0v) is 16.6. The molecule has 0 saturated carbocycles. The van der Waals surface area contributed by atoms with E-state index in [2.05, 4.69) is 67.9 Å². The number of anilines is 2. The third-order valence-corrected chi connectivity index (χ3v) is 4.28. The van der Waals surface area contributed by atoms with Gasteiger partial charge in [-0.3, -0.25) is 0 Å². The molecule has 2 heterocycles. The summed E-state index contributed by atoms with van der Waals surface area (Å²) in [5, 5.41) is 3.34. The molecule has 0 bridgehead atoms. The summed E-state index contributed by atoms with van der Waals surface area (Å²) in [4.78, 5) is 19.7. The second-order valence-corrected chi connectivity index (χ2v) is 7.14.